The van der Waals surface area contributed by atoms with Crippen LogP contribution in [0.4, 0.5) is 5.69 Å². The van der Waals surface area contributed by atoms with Gasteiger partial charge in [0.2, 0.25) is 5.12 Å². The zero-order valence-corrected chi connectivity index (χ0v) is 12.7. The predicted octanol–water partition coefficient (Wildman–Crippen LogP) is 4.83. The van der Waals surface area contributed by atoms with Crippen molar-refractivity contribution in [2.24, 2.45) is 0 Å². The third kappa shape index (κ3) is 6.19. The molecule has 5 heteroatoms. The van der Waals surface area contributed by atoms with Crippen molar-refractivity contribution in [2.75, 3.05) is 5.75 Å². The van der Waals surface area contributed by atoms with Crippen LogP contribution in [0.5, 0.6) is 0 Å². The van der Waals surface area contributed by atoms with Gasteiger partial charge >= 0.3 is 0 Å². The summed E-state index contributed by atoms with van der Waals surface area (Å²) in [4.78, 5) is 21.9. The number of rotatable bonds is 9. The summed E-state index contributed by atoms with van der Waals surface area (Å²) in [7, 11) is 0. The van der Waals surface area contributed by atoms with Crippen molar-refractivity contribution in [3.8, 4) is 0 Å². The maximum Gasteiger partial charge on any atom is 0.269 e. The topological polar surface area (TPSA) is 60.2 Å². The molecule has 0 aromatic heterocycles. The number of nitro benzene ring substituents is 1. The van der Waals surface area contributed by atoms with Crippen LogP contribution < -0.4 is 0 Å². The van der Waals surface area contributed by atoms with Gasteiger partial charge in [0.05, 0.1) is 4.92 Å². The number of benzene rings is 1. The normalized spacial score (nSPS) is 10.4. The van der Waals surface area contributed by atoms with Gasteiger partial charge in [0, 0.05) is 23.4 Å². The first kappa shape index (κ1) is 16.7. The molecule has 1 aromatic rings. The summed E-state index contributed by atoms with van der Waals surface area (Å²) in [6, 6.07) is 5.79. The van der Waals surface area contributed by atoms with E-state index < -0.39 is 4.92 Å². The van der Waals surface area contributed by atoms with Crippen LogP contribution in [0.2, 0.25) is 0 Å². The molecule has 0 saturated heterocycles. The number of thioether (sulfide) groups is 1. The highest BCUT2D eigenvalue weighted by atomic mass is 32.2. The molecule has 0 fully saturated rings. The molecule has 0 saturated carbocycles. The Labute approximate surface area is 124 Å². The van der Waals surface area contributed by atoms with Crippen LogP contribution in [-0.4, -0.2) is 15.8 Å². The smallest absolute Gasteiger partial charge is 0.269 e. The summed E-state index contributed by atoms with van der Waals surface area (Å²) in [6.45, 7) is 2.19. The van der Waals surface area contributed by atoms with E-state index in [-0.39, 0.29) is 10.8 Å². The minimum atomic E-state index is -0.461. The van der Waals surface area contributed by atoms with E-state index in [1.807, 2.05) is 0 Å². The van der Waals surface area contributed by atoms with E-state index in [4.69, 9.17) is 0 Å². The van der Waals surface area contributed by atoms with Gasteiger partial charge in [0.1, 0.15) is 0 Å². The predicted molar refractivity (Wildman–Crippen MR) is 83.3 cm³/mol. The number of unbranched alkanes of at least 4 members (excludes halogenated alkanes) is 5. The van der Waals surface area contributed by atoms with Crippen molar-refractivity contribution in [2.45, 2.75) is 45.4 Å². The number of hydrogen-bond acceptors (Lipinski definition) is 4. The fourth-order valence-electron chi connectivity index (χ4n) is 1.85. The van der Waals surface area contributed by atoms with Crippen molar-refractivity contribution in [3.63, 3.8) is 0 Å². The molecule has 20 heavy (non-hydrogen) atoms. The highest BCUT2D eigenvalue weighted by Gasteiger charge is 2.09. The van der Waals surface area contributed by atoms with E-state index in [1.54, 1.807) is 0 Å². The van der Waals surface area contributed by atoms with E-state index in [9.17, 15) is 14.9 Å². The third-order valence-electron chi connectivity index (χ3n) is 3.04. The fraction of sp³-hybridized carbons (Fsp3) is 0.533. The lowest BCUT2D eigenvalue weighted by Crippen LogP contribution is -1.96. The monoisotopic (exact) mass is 295 g/mol. The number of nitro groups is 1. The van der Waals surface area contributed by atoms with Crippen molar-refractivity contribution in [1.82, 2.24) is 0 Å². The summed E-state index contributed by atoms with van der Waals surface area (Å²) in [5, 5.41) is 10.5. The summed E-state index contributed by atoms with van der Waals surface area (Å²) in [5.41, 5.74) is 0.550. The largest absolute Gasteiger partial charge is 0.282 e. The first-order chi connectivity index (χ1) is 9.65. The molecule has 0 heterocycles. The molecule has 0 spiro atoms. The average Bonchev–Trinajstić information content (AvgIpc) is 2.46. The maximum atomic E-state index is 11.9. The minimum absolute atomic E-state index is 0.00606. The Morgan fingerprint density at radius 1 is 1.10 bits per heavy atom. The number of nitrogens with zero attached hydrogens (tertiary/aromatic N) is 1. The number of carbonyl (C=O) groups excluding carboxylic acids is 1. The molecule has 4 nitrogen and oxygen atoms in total. The van der Waals surface area contributed by atoms with Crippen LogP contribution in [0.3, 0.4) is 0 Å². The molecule has 0 aliphatic heterocycles. The van der Waals surface area contributed by atoms with Crippen molar-refractivity contribution in [3.05, 3.63) is 39.9 Å². The van der Waals surface area contributed by atoms with Gasteiger partial charge in [-0.25, -0.2) is 0 Å². The lowest BCUT2D eigenvalue weighted by Gasteiger charge is -2.02. The van der Waals surface area contributed by atoms with Gasteiger partial charge in [-0.15, -0.1) is 0 Å². The fourth-order valence-corrected chi connectivity index (χ4v) is 2.69. The summed E-state index contributed by atoms with van der Waals surface area (Å²) < 4.78 is 0. The van der Waals surface area contributed by atoms with E-state index in [1.165, 1.54) is 68.1 Å². The SMILES string of the molecule is CCCCCCCCSC(=O)c1ccc([N+](=O)[O-])cc1. The second-order valence-electron chi connectivity index (χ2n) is 4.71. The zero-order chi connectivity index (χ0) is 14.8. The molecule has 0 atom stereocenters. The van der Waals surface area contributed by atoms with Crippen LogP contribution in [0.25, 0.3) is 0 Å². The van der Waals surface area contributed by atoms with Gasteiger partial charge in [-0.2, -0.15) is 0 Å². The molecule has 0 aliphatic rings. The van der Waals surface area contributed by atoms with Crippen LogP contribution in [0.1, 0.15) is 55.8 Å². The van der Waals surface area contributed by atoms with Gasteiger partial charge in [-0.05, 0) is 18.6 Å². The first-order valence-corrected chi connectivity index (χ1v) is 8.05. The first-order valence-electron chi connectivity index (χ1n) is 7.06. The van der Waals surface area contributed by atoms with Crippen molar-refractivity contribution in [1.29, 1.82) is 0 Å². The Kier molecular flexibility index (Phi) is 7.95. The molecular formula is C15H21NO3S. The quantitative estimate of drug-likeness (QED) is 0.372. The number of carbonyl (C=O) groups is 1. The summed E-state index contributed by atoms with van der Waals surface area (Å²) in [5.74, 6) is 0.821. The Morgan fingerprint density at radius 3 is 2.30 bits per heavy atom. The summed E-state index contributed by atoms with van der Waals surface area (Å²) in [6.07, 6.45) is 7.26. The molecule has 0 aliphatic carbocycles. The van der Waals surface area contributed by atoms with Crippen molar-refractivity contribution >= 4 is 22.6 Å². The second-order valence-corrected chi connectivity index (χ2v) is 5.78. The van der Waals surface area contributed by atoms with E-state index in [2.05, 4.69) is 6.92 Å². The number of non-ortho nitro benzene ring substituents is 1. The molecule has 110 valence electrons. The standard InChI is InChI=1S/C15H21NO3S/c1-2-3-4-5-6-7-12-20-15(17)13-8-10-14(11-9-13)16(18)19/h8-11H,2-7,12H2,1H3. The molecule has 1 aromatic carbocycles. The Morgan fingerprint density at radius 2 is 1.70 bits per heavy atom. The van der Waals surface area contributed by atoms with E-state index in [0.29, 0.717) is 5.56 Å². The second kappa shape index (κ2) is 9.53. The Hall–Kier alpha value is -1.36. The van der Waals surface area contributed by atoms with Gasteiger partial charge in [-0.1, -0.05) is 50.8 Å². The highest BCUT2D eigenvalue weighted by molar-refractivity contribution is 8.14. The zero-order valence-electron chi connectivity index (χ0n) is 11.8. The molecule has 0 unspecified atom stereocenters. The Bertz CT molecular complexity index is 431. The molecule has 1 rings (SSSR count). The van der Waals surface area contributed by atoms with E-state index in [0.717, 1.165) is 12.2 Å². The molecule has 0 bridgehead atoms. The van der Waals surface area contributed by atoms with Crippen LogP contribution in [-0.2, 0) is 0 Å². The minimum Gasteiger partial charge on any atom is -0.282 e. The van der Waals surface area contributed by atoms with Crippen molar-refractivity contribution < 1.29 is 9.72 Å². The Balaban J connectivity index is 2.24. The van der Waals surface area contributed by atoms with Crippen LogP contribution in [0.15, 0.2) is 24.3 Å². The lowest BCUT2D eigenvalue weighted by molar-refractivity contribution is -0.384. The highest BCUT2D eigenvalue weighted by Crippen LogP contribution is 2.18. The summed E-state index contributed by atoms with van der Waals surface area (Å²) >= 11 is 1.30. The van der Waals surface area contributed by atoms with Crippen LogP contribution >= 0.6 is 11.8 Å². The maximum absolute atomic E-state index is 11.9. The average molecular weight is 295 g/mol. The van der Waals surface area contributed by atoms with Gasteiger partial charge in [-0.3, -0.25) is 14.9 Å². The molecular weight excluding hydrogens is 274 g/mol. The van der Waals surface area contributed by atoms with E-state index >= 15 is 0 Å². The number of hydrogen-bond donors (Lipinski definition) is 0. The lowest BCUT2D eigenvalue weighted by atomic mass is 10.1. The third-order valence-corrected chi connectivity index (χ3v) is 4.04. The molecule has 0 N–H and O–H groups in total. The van der Waals surface area contributed by atoms with Crippen LogP contribution in [0, 0.1) is 10.1 Å². The van der Waals surface area contributed by atoms with Gasteiger partial charge in [0.15, 0.2) is 0 Å². The van der Waals surface area contributed by atoms with Gasteiger partial charge < -0.3 is 0 Å². The molecule has 0 radical (unpaired) electrons. The van der Waals surface area contributed by atoms with Gasteiger partial charge in [0.25, 0.3) is 5.69 Å². The molecule has 0 amide bonds.